The average Bonchev–Trinajstić information content (AvgIpc) is 3.06. The summed E-state index contributed by atoms with van der Waals surface area (Å²) in [4.78, 5) is 9.04. The van der Waals surface area contributed by atoms with Crippen LogP contribution in [0.2, 0.25) is 0 Å². The van der Waals surface area contributed by atoms with Crippen LogP contribution in [0.15, 0.2) is 45.3 Å². The van der Waals surface area contributed by atoms with Gasteiger partial charge in [-0.25, -0.2) is 9.97 Å². The minimum Gasteiger partial charge on any atom is -0.369 e. The molecule has 0 saturated carbocycles. The fourth-order valence-corrected chi connectivity index (χ4v) is 3.50. The van der Waals surface area contributed by atoms with Crippen LogP contribution in [0.5, 0.6) is 0 Å². The summed E-state index contributed by atoms with van der Waals surface area (Å²) >= 11 is 3.38. The summed E-state index contributed by atoms with van der Waals surface area (Å²) in [6, 6.07) is 4.15. The molecule has 1 N–H and O–H groups in total. The molecule has 3 heterocycles. The van der Waals surface area contributed by atoms with Crippen molar-refractivity contribution < 1.29 is 0 Å². The van der Waals surface area contributed by atoms with E-state index in [0.29, 0.717) is 0 Å². The van der Waals surface area contributed by atoms with Crippen molar-refractivity contribution >= 4 is 34.6 Å². The maximum absolute atomic E-state index is 4.66. The summed E-state index contributed by atoms with van der Waals surface area (Å²) in [5.74, 6) is 0.895. The van der Waals surface area contributed by atoms with E-state index in [2.05, 4.69) is 39.7 Å². The number of nitrogens with zero attached hydrogens (tertiary/aromatic N) is 3. The minimum atomic E-state index is 0.895. The molecular weight excluding hydrogens is 276 g/mol. The maximum atomic E-state index is 4.66. The molecule has 98 valence electrons. The number of anilines is 1. The number of imidazole rings is 1. The van der Waals surface area contributed by atoms with Gasteiger partial charge in [-0.3, -0.25) is 0 Å². The molecule has 0 aliphatic heterocycles. The molecule has 4 nitrogen and oxygen atoms in total. The van der Waals surface area contributed by atoms with E-state index >= 15 is 0 Å². The number of hydrogen-bond donors (Lipinski definition) is 1. The Morgan fingerprint density at radius 2 is 2.42 bits per heavy atom. The molecule has 0 spiro atoms. The summed E-state index contributed by atoms with van der Waals surface area (Å²) in [6.45, 7) is 3.07. The largest absolute Gasteiger partial charge is 0.369 e. The second-order valence-corrected chi connectivity index (χ2v) is 6.29. The maximum Gasteiger partial charge on any atom is 0.170 e. The van der Waals surface area contributed by atoms with Crippen molar-refractivity contribution in [1.29, 1.82) is 0 Å². The van der Waals surface area contributed by atoms with Gasteiger partial charge in [-0.1, -0.05) is 24.8 Å². The predicted octanol–water partition coefficient (Wildman–Crippen LogP) is 3.76. The molecule has 0 saturated heterocycles. The van der Waals surface area contributed by atoms with E-state index in [1.54, 1.807) is 29.3 Å². The van der Waals surface area contributed by atoms with Crippen LogP contribution < -0.4 is 5.32 Å². The van der Waals surface area contributed by atoms with Gasteiger partial charge in [-0.15, -0.1) is 11.3 Å². The molecule has 0 radical (unpaired) electrons. The van der Waals surface area contributed by atoms with Gasteiger partial charge in [0.15, 0.2) is 5.65 Å². The highest BCUT2D eigenvalue weighted by atomic mass is 32.2. The zero-order valence-electron chi connectivity index (χ0n) is 10.5. The number of hydrogen-bond acceptors (Lipinski definition) is 5. The quantitative estimate of drug-likeness (QED) is 0.777. The van der Waals surface area contributed by atoms with Crippen LogP contribution in [0.1, 0.15) is 13.3 Å². The third kappa shape index (κ3) is 2.74. The Balaban J connectivity index is 1.97. The number of rotatable bonds is 5. The first kappa shape index (κ1) is 12.5. The van der Waals surface area contributed by atoms with Crippen molar-refractivity contribution in [3.05, 3.63) is 36.1 Å². The summed E-state index contributed by atoms with van der Waals surface area (Å²) < 4.78 is 3.24. The van der Waals surface area contributed by atoms with Crippen LogP contribution in [-0.4, -0.2) is 20.9 Å². The fraction of sp³-hybridized carbons (Fsp3) is 0.231. The zero-order valence-corrected chi connectivity index (χ0v) is 12.2. The smallest absolute Gasteiger partial charge is 0.170 e. The Morgan fingerprint density at radius 3 is 3.21 bits per heavy atom. The molecule has 0 aliphatic carbocycles. The number of fused-ring (bicyclic) bond motifs is 1. The molecule has 3 aromatic heterocycles. The van der Waals surface area contributed by atoms with Gasteiger partial charge in [0, 0.05) is 18.9 Å². The first-order valence-electron chi connectivity index (χ1n) is 6.16. The first-order valence-corrected chi connectivity index (χ1v) is 7.85. The molecular formula is C13H14N4S2. The topological polar surface area (TPSA) is 42.2 Å². The van der Waals surface area contributed by atoms with Gasteiger partial charge < -0.3 is 9.72 Å². The highest BCUT2D eigenvalue weighted by Gasteiger charge is 2.09. The molecule has 0 bridgehead atoms. The number of nitrogens with one attached hydrogen (secondary N) is 1. The first-order chi connectivity index (χ1) is 9.36. The van der Waals surface area contributed by atoms with Gasteiger partial charge in [-0.05, 0) is 17.9 Å². The van der Waals surface area contributed by atoms with Crippen LogP contribution in [0, 0.1) is 0 Å². The van der Waals surface area contributed by atoms with Crippen molar-refractivity contribution in [1.82, 2.24) is 14.4 Å². The van der Waals surface area contributed by atoms with E-state index in [1.807, 2.05) is 16.8 Å². The molecule has 3 aromatic rings. The summed E-state index contributed by atoms with van der Waals surface area (Å²) in [7, 11) is 0. The van der Waals surface area contributed by atoms with Gasteiger partial charge in [0.1, 0.15) is 10.8 Å². The molecule has 0 aromatic carbocycles. The Hall–Kier alpha value is -1.53. The molecule has 0 atom stereocenters. The van der Waals surface area contributed by atoms with Crippen molar-refractivity contribution in [3.63, 3.8) is 0 Å². The Kier molecular flexibility index (Phi) is 3.70. The van der Waals surface area contributed by atoms with Gasteiger partial charge in [-0.2, -0.15) is 0 Å². The Labute approximate surface area is 119 Å². The fourth-order valence-electron chi connectivity index (χ4n) is 1.73. The van der Waals surface area contributed by atoms with Crippen LogP contribution in [0.4, 0.5) is 5.82 Å². The Bertz CT molecular complexity index is 660. The monoisotopic (exact) mass is 290 g/mol. The van der Waals surface area contributed by atoms with E-state index in [4.69, 9.17) is 0 Å². The lowest BCUT2D eigenvalue weighted by molar-refractivity contribution is 0.945. The van der Waals surface area contributed by atoms with Gasteiger partial charge in [0.25, 0.3) is 0 Å². The number of thiophene rings is 1. The highest BCUT2D eigenvalue weighted by molar-refractivity contribution is 8.01. The number of aromatic nitrogens is 3. The Morgan fingerprint density at radius 1 is 1.47 bits per heavy atom. The summed E-state index contributed by atoms with van der Waals surface area (Å²) in [5.41, 5.74) is 0.903. The van der Waals surface area contributed by atoms with Crippen LogP contribution in [0.25, 0.3) is 5.65 Å². The zero-order chi connectivity index (χ0) is 13.1. The standard InChI is InChI=1S/C13H14N4S2/c1-2-5-14-10-9-17-7-6-15-12(17)13(16-10)19-11-4-3-8-18-11/h3-4,6-9,14H,2,5H2,1H3. The molecule has 19 heavy (non-hydrogen) atoms. The predicted molar refractivity (Wildman–Crippen MR) is 80.2 cm³/mol. The third-order valence-electron chi connectivity index (χ3n) is 2.59. The van der Waals surface area contributed by atoms with Crippen molar-refractivity contribution in [2.75, 3.05) is 11.9 Å². The minimum absolute atomic E-state index is 0.895. The lowest BCUT2D eigenvalue weighted by Gasteiger charge is -2.07. The molecule has 0 fully saturated rings. The normalized spacial score (nSPS) is 11.0. The summed E-state index contributed by atoms with van der Waals surface area (Å²) in [6.07, 6.45) is 6.82. The highest BCUT2D eigenvalue weighted by Crippen LogP contribution is 2.32. The van der Waals surface area contributed by atoms with E-state index < -0.39 is 0 Å². The molecule has 3 rings (SSSR count). The third-order valence-corrected chi connectivity index (χ3v) is 4.60. The van der Waals surface area contributed by atoms with Crippen molar-refractivity contribution in [2.45, 2.75) is 22.6 Å². The molecule has 0 amide bonds. The lowest BCUT2D eigenvalue weighted by atomic mass is 10.5. The SMILES string of the molecule is CCCNc1cn2ccnc2c(Sc2cccs2)n1. The van der Waals surface area contributed by atoms with Crippen LogP contribution >= 0.6 is 23.1 Å². The second-order valence-electron chi connectivity index (χ2n) is 4.05. The second kappa shape index (κ2) is 5.63. The van der Waals surface area contributed by atoms with E-state index in [-0.39, 0.29) is 0 Å². The van der Waals surface area contributed by atoms with Gasteiger partial charge in [0.2, 0.25) is 0 Å². The summed E-state index contributed by atoms with van der Waals surface area (Å²) in [5, 5.41) is 6.34. The lowest BCUT2D eigenvalue weighted by Crippen LogP contribution is -2.04. The molecule has 0 unspecified atom stereocenters. The van der Waals surface area contributed by atoms with Gasteiger partial charge >= 0.3 is 0 Å². The van der Waals surface area contributed by atoms with Gasteiger partial charge in [0.05, 0.1) is 10.4 Å². The van der Waals surface area contributed by atoms with Crippen molar-refractivity contribution in [2.24, 2.45) is 0 Å². The van der Waals surface area contributed by atoms with E-state index in [0.717, 1.165) is 29.5 Å². The van der Waals surface area contributed by atoms with E-state index in [9.17, 15) is 0 Å². The van der Waals surface area contributed by atoms with Crippen LogP contribution in [-0.2, 0) is 0 Å². The molecule has 6 heteroatoms. The molecule has 0 aliphatic rings. The average molecular weight is 290 g/mol. The van der Waals surface area contributed by atoms with Crippen LogP contribution in [0.3, 0.4) is 0 Å². The van der Waals surface area contributed by atoms with Crippen molar-refractivity contribution in [3.8, 4) is 0 Å². The van der Waals surface area contributed by atoms with E-state index in [1.165, 1.54) is 4.21 Å².